The molecule has 0 saturated carbocycles. The largest absolute Gasteiger partial charge is 0.459 e. The van der Waals surface area contributed by atoms with Crippen molar-refractivity contribution in [2.45, 2.75) is 13.5 Å². The third kappa shape index (κ3) is 5.62. The zero-order valence-electron chi connectivity index (χ0n) is 18.5. The van der Waals surface area contributed by atoms with Crippen LogP contribution in [0.1, 0.15) is 33.6 Å². The van der Waals surface area contributed by atoms with Gasteiger partial charge in [0.2, 0.25) is 0 Å². The fourth-order valence-corrected chi connectivity index (χ4v) is 3.56. The highest BCUT2D eigenvalue weighted by Gasteiger charge is 2.25. The molecule has 3 aromatic rings. The van der Waals surface area contributed by atoms with Gasteiger partial charge in [-0.2, -0.15) is 0 Å². The molecule has 0 unspecified atom stereocenters. The van der Waals surface area contributed by atoms with E-state index in [-0.39, 0.29) is 17.6 Å². The number of anilines is 1. The monoisotopic (exact) mass is 449 g/mol. The number of amides is 2. The van der Waals surface area contributed by atoms with Crippen molar-refractivity contribution in [2.24, 2.45) is 4.99 Å². The minimum absolute atomic E-state index is 0.0826. The van der Waals surface area contributed by atoms with Crippen molar-refractivity contribution in [3.63, 3.8) is 0 Å². The Bertz CT molecular complexity index is 1070. The number of carbonyl (C=O) groups excluding carboxylic acids is 2. The Labute approximate surface area is 192 Å². The number of furan rings is 2. The van der Waals surface area contributed by atoms with E-state index >= 15 is 0 Å². The molecule has 9 heteroatoms. The van der Waals surface area contributed by atoms with Gasteiger partial charge in [-0.15, -0.1) is 0 Å². The molecule has 2 amide bonds. The number of hydrogen-bond donors (Lipinski definition) is 2. The van der Waals surface area contributed by atoms with E-state index in [2.05, 4.69) is 15.5 Å². The third-order valence-electron chi connectivity index (χ3n) is 5.30. The van der Waals surface area contributed by atoms with E-state index in [0.29, 0.717) is 44.2 Å². The summed E-state index contributed by atoms with van der Waals surface area (Å²) in [5.41, 5.74) is 1.71. The Morgan fingerprint density at radius 3 is 2.15 bits per heavy atom. The van der Waals surface area contributed by atoms with Crippen molar-refractivity contribution in [3.8, 4) is 0 Å². The molecule has 0 spiro atoms. The van der Waals surface area contributed by atoms with E-state index in [1.807, 2.05) is 31.2 Å². The van der Waals surface area contributed by atoms with Gasteiger partial charge < -0.3 is 29.3 Å². The van der Waals surface area contributed by atoms with Crippen LogP contribution >= 0.6 is 0 Å². The predicted molar refractivity (Wildman–Crippen MR) is 124 cm³/mol. The summed E-state index contributed by atoms with van der Waals surface area (Å²) >= 11 is 0. The van der Waals surface area contributed by atoms with Crippen molar-refractivity contribution >= 4 is 23.5 Å². The van der Waals surface area contributed by atoms with Crippen molar-refractivity contribution in [1.82, 2.24) is 15.1 Å². The maximum atomic E-state index is 12.5. The topological polar surface area (TPSA) is 103 Å². The maximum Gasteiger partial charge on any atom is 0.291 e. The van der Waals surface area contributed by atoms with Gasteiger partial charge in [-0.25, -0.2) is 4.99 Å². The van der Waals surface area contributed by atoms with Crippen molar-refractivity contribution in [3.05, 3.63) is 78.1 Å². The zero-order chi connectivity index (χ0) is 23.0. The van der Waals surface area contributed by atoms with E-state index in [1.54, 1.807) is 29.2 Å². The summed E-state index contributed by atoms with van der Waals surface area (Å²) in [6.07, 6.45) is 2.98. The number of benzene rings is 1. The Morgan fingerprint density at radius 1 is 0.909 bits per heavy atom. The zero-order valence-corrected chi connectivity index (χ0v) is 18.5. The molecule has 2 N–H and O–H groups in total. The first-order chi connectivity index (χ1) is 16.1. The smallest absolute Gasteiger partial charge is 0.291 e. The van der Waals surface area contributed by atoms with Crippen LogP contribution < -0.4 is 10.6 Å². The maximum absolute atomic E-state index is 12.5. The normalized spacial score (nSPS) is 14.3. The molecule has 4 rings (SSSR count). The second kappa shape index (κ2) is 10.5. The Morgan fingerprint density at radius 2 is 1.55 bits per heavy atom. The van der Waals surface area contributed by atoms with Crippen LogP contribution in [0.3, 0.4) is 0 Å². The number of guanidine groups is 1. The molecular weight excluding hydrogens is 422 g/mol. The van der Waals surface area contributed by atoms with Crippen LogP contribution in [-0.4, -0.2) is 60.3 Å². The van der Waals surface area contributed by atoms with Crippen LogP contribution in [0.2, 0.25) is 0 Å². The lowest BCUT2D eigenvalue weighted by Gasteiger charge is -2.36. The summed E-state index contributed by atoms with van der Waals surface area (Å²) in [4.78, 5) is 33.3. The average Bonchev–Trinajstić information content (AvgIpc) is 3.57. The summed E-state index contributed by atoms with van der Waals surface area (Å²) in [6.45, 7) is 5.87. The first-order valence-electron chi connectivity index (χ1n) is 10.9. The molecule has 1 aliphatic heterocycles. The summed E-state index contributed by atoms with van der Waals surface area (Å²) in [6, 6.07) is 14.3. The second-order valence-electron chi connectivity index (χ2n) is 7.56. The SMILES string of the molecule is CCNC(=NCc1ccc(NC(=O)c2ccco2)cc1)N1CCN(C(=O)c2ccco2)CC1. The summed E-state index contributed by atoms with van der Waals surface area (Å²) in [7, 11) is 0. The van der Waals surface area contributed by atoms with E-state index in [0.717, 1.165) is 18.1 Å². The number of nitrogens with one attached hydrogen (secondary N) is 2. The average molecular weight is 450 g/mol. The molecule has 33 heavy (non-hydrogen) atoms. The molecule has 9 nitrogen and oxygen atoms in total. The van der Waals surface area contributed by atoms with Gasteiger partial charge in [0.15, 0.2) is 17.5 Å². The highest BCUT2D eigenvalue weighted by Crippen LogP contribution is 2.14. The molecule has 1 aromatic carbocycles. The number of aliphatic imine (C=N–C) groups is 1. The minimum atomic E-state index is -0.287. The van der Waals surface area contributed by atoms with Crippen LogP contribution in [0, 0.1) is 0 Å². The lowest BCUT2D eigenvalue weighted by Crippen LogP contribution is -2.53. The number of rotatable bonds is 6. The molecule has 3 heterocycles. The van der Waals surface area contributed by atoms with Crippen LogP contribution in [0.5, 0.6) is 0 Å². The summed E-state index contributed by atoms with van der Waals surface area (Å²) < 4.78 is 10.3. The fraction of sp³-hybridized carbons (Fsp3) is 0.292. The summed E-state index contributed by atoms with van der Waals surface area (Å²) in [5, 5.41) is 6.14. The van der Waals surface area contributed by atoms with Crippen molar-refractivity contribution < 1.29 is 18.4 Å². The van der Waals surface area contributed by atoms with E-state index in [4.69, 9.17) is 13.8 Å². The van der Waals surface area contributed by atoms with Gasteiger partial charge in [0.1, 0.15) is 0 Å². The van der Waals surface area contributed by atoms with Crippen LogP contribution in [0.4, 0.5) is 5.69 Å². The number of hydrogen-bond acceptors (Lipinski definition) is 5. The van der Waals surface area contributed by atoms with Crippen molar-refractivity contribution in [1.29, 1.82) is 0 Å². The van der Waals surface area contributed by atoms with Crippen LogP contribution in [0.25, 0.3) is 0 Å². The highest BCUT2D eigenvalue weighted by atomic mass is 16.3. The minimum Gasteiger partial charge on any atom is -0.459 e. The van der Waals surface area contributed by atoms with Gasteiger partial charge in [0.25, 0.3) is 11.8 Å². The van der Waals surface area contributed by atoms with Gasteiger partial charge in [-0.3, -0.25) is 9.59 Å². The first kappa shape index (κ1) is 22.2. The summed E-state index contributed by atoms with van der Waals surface area (Å²) in [5.74, 6) is 1.08. The van der Waals surface area contributed by atoms with Gasteiger partial charge in [0, 0.05) is 38.4 Å². The molecule has 0 bridgehead atoms. The van der Waals surface area contributed by atoms with Gasteiger partial charge in [-0.05, 0) is 48.9 Å². The fourth-order valence-electron chi connectivity index (χ4n) is 3.56. The standard InChI is InChI=1S/C24H27N5O4/c1-2-25-24(29-13-11-28(12-14-29)23(31)21-6-4-16-33-21)26-17-18-7-9-19(10-8-18)27-22(30)20-5-3-15-32-20/h3-10,15-16H,2,11-14,17H2,1H3,(H,25,26)(H,27,30). The van der Waals surface area contributed by atoms with Crippen LogP contribution in [-0.2, 0) is 6.54 Å². The van der Waals surface area contributed by atoms with E-state index < -0.39 is 0 Å². The Hall–Kier alpha value is -4.01. The van der Waals surface area contributed by atoms with Crippen LogP contribution in [0.15, 0.2) is 74.9 Å². The molecule has 0 atom stereocenters. The molecule has 1 fully saturated rings. The Balaban J connectivity index is 1.32. The molecular formula is C24H27N5O4. The van der Waals surface area contributed by atoms with Gasteiger partial charge >= 0.3 is 0 Å². The Kier molecular flexibility index (Phi) is 7.09. The number of piperazine rings is 1. The number of nitrogens with zero attached hydrogens (tertiary/aromatic N) is 3. The van der Waals surface area contributed by atoms with Gasteiger partial charge in [-0.1, -0.05) is 12.1 Å². The molecule has 1 saturated heterocycles. The molecule has 0 radical (unpaired) electrons. The van der Waals surface area contributed by atoms with Gasteiger partial charge in [0.05, 0.1) is 19.1 Å². The molecule has 1 aliphatic rings. The molecule has 2 aromatic heterocycles. The molecule has 172 valence electrons. The van der Waals surface area contributed by atoms with E-state index in [1.165, 1.54) is 12.5 Å². The lowest BCUT2D eigenvalue weighted by molar-refractivity contribution is 0.0657. The highest BCUT2D eigenvalue weighted by molar-refractivity contribution is 6.02. The van der Waals surface area contributed by atoms with Crippen molar-refractivity contribution in [2.75, 3.05) is 38.0 Å². The second-order valence-corrected chi connectivity index (χ2v) is 7.56. The molecule has 0 aliphatic carbocycles. The lowest BCUT2D eigenvalue weighted by atomic mass is 10.2. The van der Waals surface area contributed by atoms with E-state index in [9.17, 15) is 9.59 Å². The third-order valence-corrected chi connectivity index (χ3v) is 5.30. The predicted octanol–water partition coefficient (Wildman–Crippen LogP) is 3.05. The number of carbonyl (C=O) groups is 2. The first-order valence-corrected chi connectivity index (χ1v) is 10.9. The quantitative estimate of drug-likeness (QED) is 0.443.